The molecule has 1 aliphatic heterocycles. The lowest BCUT2D eigenvalue weighted by molar-refractivity contribution is 0.197. The molecule has 3 nitrogen and oxygen atoms in total. The first-order valence-corrected chi connectivity index (χ1v) is 8.75. The molecule has 0 amide bonds. The number of benzene rings is 1. The largest absolute Gasteiger partial charge is 0.462 e. The summed E-state index contributed by atoms with van der Waals surface area (Å²) >= 11 is 2.01. The van der Waals surface area contributed by atoms with E-state index in [0.29, 0.717) is 11.0 Å². The van der Waals surface area contributed by atoms with Crippen LogP contribution in [-0.2, 0) is 13.2 Å². The monoisotopic (exact) mass is 317 g/mol. The Labute approximate surface area is 136 Å². The molecule has 3 rings (SSSR count). The molecule has 0 radical (unpaired) electrons. The van der Waals surface area contributed by atoms with Gasteiger partial charge in [-0.05, 0) is 57.1 Å². The summed E-state index contributed by atoms with van der Waals surface area (Å²) in [6.45, 7) is 5.18. The Kier molecular flexibility index (Phi) is 5.24. The number of nitrogens with zero attached hydrogens (tertiary/aromatic N) is 1. The predicted octanol–water partition coefficient (Wildman–Crippen LogP) is 3.84. The van der Waals surface area contributed by atoms with E-state index in [0.717, 1.165) is 25.4 Å². The van der Waals surface area contributed by atoms with Crippen LogP contribution in [-0.4, -0.2) is 28.3 Å². The van der Waals surface area contributed by atoms with E-state index in [4.69, 9.17) is 9.52 Å². The molecule has 0 aliphatic carbocycles. The van der Waals surface area contributed by atoms with Crippen molar-refractivity contribution in [2.45, 2.75) is 43.1 Å². The van der Waals surface area contributed by atoms with Gasteiger partial charge in [0.1, 0.15) is 18.1 Å². The number of aliphatic hydroxyl groups excluding tert-OH is 1. The van der Waals surface area contributed by atoms with Crippen molar-refractivity contribution in [3.63, 3.8) is 0 Å². The smallest absolute Gasteiger partial charge is 0.129 e. The van der Waals surface area contributed by atoms with Gasteiger partial charge in [-0.3, -0.25) is 4.90 Å². The average Bonchev–Trinajstić information content (AvgIpc) is 2.99. The van der Waals surface area contributed by atoms with Crippen LogP contribution in [0.15, 0.2) is 45.7 Å². The third-order valence-electron chi connectivity index (χ3n) is 4.11. The average molecular weight is 317 g/mol. The van der Waals surface area contributed by atoms with Crippen molar-refractivity contribution in [2.24, 2.45) is 0 Å². The van der Waals surface area contributed by atoms with Crippen LogP contribution in [0.5, 0.6) is 0 Å². The molecule has 0 atom stereocenters. The van der Waals surface area contributed by atoms with Crippen LogP contribution in [0.25, 0.3) is 0 Å². The zero-order chi connectivity index (χ0) is 15.4. The zero-order valence-electron chi connectivity index (χ0n) is 13.0. The lowest BCUT2D eigenvalue weighted by Crippen LogP contribution is -2.34. The van der Waals surface area contributed by atoms with Crippen LogP contribution in [0.3, 0.4) is 0 Å². The molecule has 1 saturated heterocycles. The summed E-state index contributed by atoms with van der Waals surface area (Å²) in [6, 6.07) is 12.7. The van der Waals surface area contributed by atoms with Gasteiger partial charge in [0.25, 0.3) is 0 Å². The first-order chi connectivity index (χ1) is 10.7. The Bertz CT molecular complexity index is 585. The van der Waals surface area contributed by atoms with Crippen LogP contribution >= 0.6 is 11.8 Å². The normalized spacial score (nSPS) is 17.0. The fourth-order valence-electron chi connectivity index (χ4n) is 2.81. The SMILES string of the molecule is Cc1ccc(SC2CCN(Cc3ccc(CO)o3)CC2)cc1. The van der Waals surface area contributed by atoms with E-state index in [1.807, 2.05) is 23.9 Å². The lowest BCUT2D eigenvalue weighted by Gasteiger charge is -2.31. The number of piperidine rings is 1. The summed E-state index contributed by atoms with van der Waals surface area (Å²) in [5.41, 5.74) is 1.32. The molecular weight excluding hydrogens is 294 g/mol. The number of furan rings is 1. The van der Waals surface area contributed by atoms with E-state index >= 15 is 0 Å². The van der Waals surface area contributed by atoms with Crippen LogP contribution in [0.2, 0.25) is 0 Å². The molecule has 2 heterocycles. The number of aryl methyl sites for hydroxylation is 1. The van der Waals surface area contributed by atoms with Crippen LogP contribution in [0, 0.1) is 6.92 Å². The molecule has 1 fully saturated rings. The van der Waals surface area contributed by atoms with E-state index in [1.54, 1.807) is 0 Å². The highest BCUT2D eigenvalue weighted by Gasteiger charge is 2.20. The van der Waals surface area contributed by atoms with Gasteiger partial charge in [0.15, 0.2) is 0 Å². The molecule has 1 aromatic carbocycles. The number of hydrogen-bond acceptors (Lipinski definition) is 4. The topological polar surface area (TPSA) is 36.6 Å². The first kappa shape index (κ1) is 15.7. The predicted molar refractivity (Wildman–Crippen MR) is 90.0 cm³/mol. The Hall–Kier alpha value is -1.23. The van der Waals surface area contributed by atoms with Gasteiger partial charge in [-0.2, -0.15) is 0 Å². The molecule has 1 N–H and O–H groups in total. The number of rotatable bonds is 5. The van der Waals surface area contributed by atoms with Gasteiger partial charge in [0, 0.05) is 10.1 Å². The molecule has 118 valence electrons. The van der Waals surface area contributed by atoms with Crippen molar-refractivity contribution in [1.82, 2.24) is 4.90 Å². The minimum absolute atomic E-state index is 0.0186. The van der Waals surface area contributed by atoms with Gasteiger partial charge in [-0.25, -0.2) is 0 Å². The molecule has 0 saturated carbocycles. The molecule has 0 unspecified atom stereocenters. The number of aliphatic hydroxyl groups is 1. The van der Waals surface area contributed by atoms with Gasteiger partial charge >= 0.3 is 0 Å². The highest BCUT2D eigenvalue weighted by molar-refractivity contribution is 8.00. The van der Waals surface area contributed by atoms with E-state index in [2.05, 4.69) is 36.1 Å². The highest BCUT2D eigenvalue weighted by atomic mass is 32.2. The van der Waals surface area contributed by atoms with Gasteiger partial charge < -0.3 is 9.52 Å². The summed E-state index contributed by atoms with van der Waals surface area (Å²) in [7, 11) is 0. The van der Waals surface area contributed by atoms with Crippen LogP contribution in [0.1, 0.15) is 29.9 Å². The maximum Gasteiger partial charge on any atom is 0.129 e. The second kappa shape index (κ2) is 7.36. The maximum atomic E-state index is 9.04. The minimum Gasteiger partial charge on any atom is -0.462 e. The van der Waals surface area contributed by atoms with Crippen molar-refractivity contribution in [3.05, 3.63) is 53.5 Å². The fraction of sp³-hybridized carbons (Fsp3) is 0.444. The van der Waals surface area contributed by atoms with Crippen molar-refractivity contribution in [1.29, 1.82) is 0 Å². The summed E-state index contributed by atoms with van der Waals surface area (Å²) in [4.78, 5) is 3.81. The molecular formula is C18H23NO2S. The molecule has 0 spiro atoms. The number of hydrogen-bond donors (Lipinski definition) is 1. The van der Waals surface area contributed by atoms with Gasteiger partial charge in [0.05, 0.1) is 6.54 Å². The quantitative estimate of drug-likeness (QED) is 0.909. The maximum absolute atomic E-state index is 9.04. The van der Waals surface area contributed by atoms with Crippen molar-refractivity contribution >= 4 is 11.8 Å². The second-order valence-corrected chi connectivity index (χ2v) is 7.31. The van der Waals surface area contributed by atoms with Crippen molar-refractivity contribution in [2.75, 3.05) is 13.1 Å². The van der Waals surface area contributed by atoms with E-state index in [9.17, 15) is 0 Å². The minimum atomic E-state index is -0.0186. The number of likely N-dealkylation sites (tertiary alicyclic amines) is 1. The molecule has 4 heteroatoms. The first-order valence-electron chi connectivity index (χ1n) is 7.87. The molecule has 1 aliphatic rings. The summed E-state index contributed by atoms with van der Waals surface area (Å²) < 4.78 is 5.57. The summed E-state index contributed by atoms with van der Waals surface area (Å²) in [5, 5.41) is 9.75. The molecule has 0 bridgehead atoms. The molecule has 1 aromatic heterocycles. The van der Waals surface area contributed by atoms with Gasteiger partial charge in [-0.1, -0.05) is 17.7 Å². The second-order valence-electron chi connectivity index (χ2n) is 5.93. The third kappa shape index (κ3) is 4.15. The van der Waals surface area contributed by atoms with Gasteiger partial charge in [0.2, 0.25) is 0 Å². The van der Waals surface area contributed by atoms with E-state index in [-0.39, 0.29) is 6.61 Å². The third-order valence-corrected chi connectivity index (χ3v) is 5.46. The van der Waals surface area contributed by atoms with Crippen molar-refractivity contribution < 1.29 is 9.52 Å². The lowest BCUT2D eigenvalue weighted by atomic mass is 10.1. The fourth-order valence-corrected chi connectivity index (χ4v) is 3.93. The molecule has 2 aromatic rings. The van der Waals surface area contributed by atoms with E-state index < -0.39 is 0 Å². The van der Waals surface area contributed by atoms with Crippen LogP contribution < -0.4 is 0 Å². The van der Waals surface area contributed by atoms with Gasteiger partial charge in [-0.15, -0.1) is 11.8 Å². The Morgan fingerprint density at radius 3 is 2.41 bits per heavy atom. The van der Waals surface area contributed by atoms with Crippen LogP contribution in [0.4, 0.5) is 0 Å². The summed E-state index contributed by atoms with van der Waals surface area (Å²) in [5.74, 6) is 1.61. The molecule has 22 heavy (non-hydrogen) atoms. The zero-order valence-corrected chi connectivity index (χ0v) is 13.8. The standard InChI is InChI=1S/C18H23NO2S/c1-14-2-6-17(7-3-14)22-18-8-10-19(11-9-18)12-15-4-5-16(13-20)21-15/h2-7,18,20H,8-13H2,1H3. The number of thioether (sulfide) groups is 1. The Morgan fingerprint density at radius 2 is 1.77 bits per heavy atom. The summed E-state index contributed by atoms with van der Waals surface area (Å²) in [6.07, 6.45) is 2.43. The Morgan fingerprint density at radius 1 is 1.09 bits per heavy atom. The van der Waals surface area contributed by atoms with Crippen molar-refractivity contribution in [3.8, 4) is 0 Å². The highest BCUT2D eigenvalue weighted by Crippen LogP contribution is 2.31. The Balaban J connectivity index is 1.46. The van der Waals surface area contributed by atoms with E-state index in [1.165, 1.54) is 23.3 Å².